The highest BCUT2D eigenvalue weighted by Crippen LogP contribution is 2.20. The summed E-state index contributed by atoms with van der Waals surface area (Å²) in [6.07, 6.45) is 1.86. The summed E-state index contributed by atoms with van der Waals surface area (Å²) in [6.45, 7) is 4.73. The Hall–Kier alpha value is -0.670. The van der Waals surface area contributed by atoms with Gasteiger partial charge in [-0.05, 0) is 18.6 Å². The summed E-state index contributed by atoms with van der Waals surface area (Å²) in [4.78, 5) is 16.1. The van der Waals surface area contributed by atoms with Crippen molar-refractivity contribution < 1.29 is 4.79 Å². The van der Waals surface area contributed by atoms with Gasteiger partial charge in [0.25, 0.3) is 0 Å². The van der Waals surface area contributed by atoms with Gasteiger partial charge in [0.15, 0.2) is 0 Å². The molecule has 0 saturated carbocycles. The smallest absolute Gasteiger partial charge is 0.148 e. The van der Waals surface area contributed by atoms with Crippen molar-refractivity contribution in [1.29, 1.82) is 0 Å². The Morgan fingerprint density at radius 3 is 2.79 bits per heavy atom. The van der Waals surface area contributed by atoms with Crippen LogP contribution in [0.3, 0.4) is 0 Å². The van der Waals surface area contributed by atoms with Crippen LogP contribution in [0.1, 0.15) is 23.1 Å². The normalized spacial score (nSPS) is 17.9. The fourth-order valence-corrected chi connectivity index (χ4v) is 2.74. The standard InChI is InChI=1S/C11H15NOS/c1-2-10-3-4-11(14-10)8-12-6-5-9(13)7-12/h3-4H,2,5-8H2,1H3. The number of carbonyl (C=O) groups excluding carboxylic acids is 1. The van der Waals surface area contributed by atoms with Crippen molar-refractivity contribution in [2.75, 3.05) is 13.1 Å². The quantitative estimate of drug-likeness (QED) is 0.759. The first-order valence-electron chi connectivity index (χ1n) is 5.09. The Bertz CT molecular complexity index is 332. The number of nitrogens with zero attached hydrogens (tertiary/aromatic N) is 1. The van der Waals surface area contributed by atoms with E-state index in [1.807, 2.05) is 11.3 Å². The van der Waals surface area contributed by atoms with E-state index < -0.39 is 0 Å². The Morgan fingerprint density at radius 1 is 1.43 bits per heavy atom. The largest absolute Gasteiger partial charge is 0.298 e. The van der Waals surface area contributed by atoms with E-state index in [1.54, 1.807) is 0 Å². The van der Waals surface area contributed by atoms with Crippen LogP contribution in [-0.4, -0.2) is 23.8 Å². The summed E-state index contributed by atoms with van der Waals surface area (Å²) < 4.78 is 0. The first kappa shape index (κ1) is 9.87. The van der Waals surface area contributed by atoms with Gasteiger partial charge in [-0.1, -0.05) is 6.92 Å². The van der Waals surface area contributed by atoms with Crippen molar-refractivity contribution in [2.24, 2.45) is 0 Å². The van der Waals surface area contributed by atoms with Gasteiger partial charge in [0, 0.05) is 29.3 Å². The van der Waals surface area contributed by atoms with Gasteiger partial charge in [-0.15, -0.1) is 11.3 Å². The number of likely N-dealkylation sites (tertiary alicyclic amines) is 1. The van der Waals surface area contributed by atoms with Crippen molar-refractivity contribution in [3.63, 3.8) is 0 Å². The highest BCUT2D eigenvalue weighted by Gasteiger charge is 2.19. The molecule has 0 unspecified atom stereocenters. The second-order valence-corrected chi connectivity index (χ2v) is 4.97. The van der Waals surface area contributed by atoms with E-state index in [4.69, 9.17) is 0 Å². The second-order valence-electron chi connectivity index (χ2n) is 3.72. The van der Waals surface area contributed by atoms with E-state index in [-0.39, 0.29) is 0 Å². The maximum absolute atomic E-state index is 11.1. The molecule has 76 valence electrons. The number of Topliss-reactive ketones (excluding diaryl/α,β-unsaturated/α-hetero) is 1. The highest BCUT2D eigenvalue weighted by atomic mass is 32.1. The minimum absolute atomic E-state index is 0.386. The summed E-state index contributed by atoms with van der Waals surface area (Å²) in [5, 5.41) is 0. The van der Waals surface area contributed by atoms with Crippen LogP contribution in [0.2, 0.25) is 0 Å². The van der Waals surface area contributed by atoms with Gasteiger partial charge in [0.1, 0.15) is 5.78 Å². The molecule has 1 aromatic rings. The minimum Gasteiger partial charge on any atom is -0.298 e. The fraction of sp³-hybridized carbons (Fsp3) is 0.545. The number of rotatable bonds is 3. The molecule has 0 radical (unpaired) electrons. The van der Waals surface area contributed by atoms with Crippen molar-refractivity contribution in [3.8, 4) is 0 Å². The van der Waals surface area contributed by atoms with Gasteiger partial charge in [-0.3, -0.25) is 9.69 Å². The Morgan fingerprint density at radius 2 is 2.21 bits per heavy atom. The molecule has 0 spiro atoms. The molecule has 1 saturated heterocycles. The monoisotopic (exact) mass is 209 g/mol. The molecule has 1 aromatic heterocycles. The lowest BCUT2D eigenvalue weighted by atomic mass is 10.3. The van der Waals surface area contributed by atoms with Crippen molar-refractivity contribution in [1.82, 2.24) is 4.90 Å². The summed E-state index contributed by atoms with van der Waals surface area (Å²) in [5.41, 5.74) is 0. The topological polar surface area (TPSA) is 20.3 Å². The number of thiophene rings is 1. The molecule has 0 N–H and O–H groups in total. The number of ketones is 1. The zero-order valence-electron chi connectivity index (χ0n) is 8.45. The SMILES string of the molecule is CCc1ccc(CN2CCC(=O)C2)s1. The number of aryl methyl sites for hydroxylation is 1. The van der Waals surface area contributed by atoms with E-state index in [0.29, 0.717) is 12.3 Å². The predicted octanol–water partition coefficient (Wildman–Crippen LogP) is 2.09. The zero-order valence-corrected chi connectivity index (χ0v) is 9.27. The lowest BCUT2D eigenvalue weighted by Crippen LogP contribution is -2.19. The molecule has 3 heteroatoms. The summed E-state index contributed by atoms with van der Waals surface area (Å²) >= 11 is 1.87. The lowest BCUT2D eigenvalue weighted by molar-refractivity contribution is -0.116. The molecular weight excluding hydrogens is 194 g/mol. The van der Waals surface area contributed by atoms with Crippen LogP contribution in [0.25, 0.3) is 0 Å². The van der Waals surface area contributed by atoms with Crippen LogP contribution in [0.5, 0.6) is 0 Å². The van der Waals surface area contributed by atoms with Crippen LogP contribution in [0.15, 0.2) is 12.1 Å². The molecular formula is C11H15NOS. The van der Waals surface area contributed by atoms with Gasteiger partial charge in [-0.2, -0.15) is 0 Å². The molecule has 2 rings (SSSR count). The van der Waals surface area contributed by atoms with Gasteiger partial charge >= 0.3 is 0 Å². The van der Waals surface area contributed by atoms with E-state index in [0.717, 1.165) is 25.9 Å². The molecule has 0 aromatic carbocycles. The molecule has 1 fully saturated rings. The van der Waals surface area contributed by atoms with Crippen LogP contribution in [-0.2, 0) is 17.8 Å². The van der Waals surface area contributed by atoms with E-state index in [9.17, 15) is 4.79 Å². The zero-order chi connectivity index (χ0) is 9.97. The van der Waals surface area contributed by atoms with Gasteiger partial charge in [-0.25, -0.2) is 0 Å². The Kier molecular flexibility index (Phi) is 2.99. The summed E-state index contributed by atoms with van der Waals surface area (Å²) in [5.74, 6) is 0.386. The minimum atomic E-state index is 0.386. The molecule has 0 aliphatic carbocycles. The van der Waals surface area contributed by atoms with E-state index in [1.165, 1.54) is 9.75 Å². The third kappa shape index (κ3) is 2.22. The maximum Gasteiger partial charge on any atom is 0.148 e. The van der Waals surface area contributed by atoms with Crippen molar-refractivity contribution in [3.05, 3.63) is 21.9 Å². The van der Waals surface area contributed by atoms with Gasteiger partial charge in [0.05, 0.1) is 6.54 Å². The average molecular weight is 209 g/mol. The summed E-state index contributed by atoms with van der Waals surface area (Å²) in [6, 6.07) is 4.38. The van der Waals surface area contributed by atoms with Gasteiger partial charge in [0.2, 0.25) is 0 Å². The molecule has 0 bridgehead atoms. The average Bonchev–Trinajstić information content (AvgIpc) is 2.76. The van der Waals surface area contributed by atoms with Crippen LogP contribution in [0, 0.1) is 0 Å². The first-order valence-corrected chi connectivity index (χ1v) is 5.91. The van der Waals surface area contributed by atoms with Gasteiger partial charge < -0.3 is 0 Å². The molecule has 0 amide bonds. The van der Waals surface area contributed by atoms with Crippen molar-refractivity contribution >= 4 is 17.1 Å². The highest BCUT2D eigenvalue weighted by molar-refractivity contribution is 7.11. The maximum atomic E-state index is 11.1. The summed E-state index contributed by atoms with van der Waals surface area (Å²) in [7, 11) is 0. The fourth-order valence-electron chi connectivity index (χ4n) is 1.74. The molecule has 14 heavy (non-hydrogen) atoms. The van der Waals surface area contributed by atoms with E-state index in [2.05, 4.69) is 24.0 Å². The third-order valence-electron chi connectivity index (χ3n) is 2.55. The lowest BCUT2D eigenvalue weighted by Gasteiger charge is -2.11. The molecule has 0 atom stereocenters. The predicted molar refractivity (Wildman–Crippen MR) is 58.6 cm³/mol. The van der Waals surface area contributed by atoms with E-state index >= 15 is 0 Å². The Balaban J connectivity index is 1.93. The molecule has 2 nitrogen and oxygen atoms in total. The van der Waals surface area contributed by atoms with Crippen molar-refractivity contribution in [2.45, 2.75) is 26.3 Å². The molecule has 1 aliphatic rings. The first-order chi connectivity index (χ1) is 6.78. The molecule has 1 aliphatic heterocycles. The number of hydrogen-bond acceptors (Lipinski definition) is 3. The van der Waals surface area contributed by atoms with Crippen LogP contribution < -0.4 is 0 Å². The number of hydrogen-bond donors (Lipinski definition) is 0. The molecule has 2 heterocycles. The Labute approximate surface area is 88.5 Å². The second kappa shape index (κ2) is 4.24. The van der Waals surface area contributed by atoms with Crippen LogP contribution >= 0.6 is 11.3 Å². The number of carbonyl (C=O) groups is 1. The van der Waals surface area contributed by atoms with Crippen LogP contribution in [0.4, 0.5) is 0 Å². The third-order valence-corrected chi connectivity index (χ3v) is 3.77.